The van der Waals surface area contributed by atoms with Crippen LogP contribution in [0.3, 0.4) is 0 Å². The van der Waals surface area contributed by atoms with Crippen LogP contribution in [-0.4, -0.2) is 38.3 Å². The molecule has 0 unspecified atom stereocenters. The Morgan fingerprint density at radius 3 is 2.47 bits per heavy atom. The van der Waals surface area contributed by atoms with Gasteiger partial charge in [0.15, 0.2) is 0 Å². The summed E-state index contributed by atoms with van der Waals surface area (Å²) in [6, 6.07) is 10.3. The highest BCUT2D eigenvalue weighted by Gasteiger charge is 2.41. The van der Waals surface area contributed by atoms with Gasteiger partial charge in [-0.05, 0) is 38.9 Å². The summed E-state index contributed by atoms with van der Waals surface area (Å²) in [7, 11) is 1.84. The highest BCUT2D eigenvalue weighted by molar-refractivity contribution is 5.81. The summed E-state index contributed by atoms with van der Waals surface area (Å²) in [5.74, 6) is -0.120. The van der Waals surface area contributed by atoms with Crippen LogP contribution in [0.1, 0.15) is 19.8 Å². The number of para-hydroxylation sites is 1. The molecule has 2 rings (SSSR count). The smallest absolute Gasteiger partial charge is 0.326 e. The number of rotatable bonds is 4. The van der Waals surface area contributed by atoms with Crippen molar-refractivity contribution in [3.05, 3.63) is 30.3 Å². The fourth-order valence-electron chi connectivity index (χ4n) is 2.61. The van der Waals surface area contributed by atoms with Crippen molar-refractivity contribution in [1.82, 2.24) is 5.32 Å². The van der Waals surface area contributed by atoms with Crippen molar-refractivity contribution in [3.63, 3.8) is 0 Å². The topological polar surface area (TPSA) is 41.6 Å². The molecule has 19 heavy (non-hydrogen) atoms. The number of piperidine rings is 1. The molecule has 1 heterocycles. The predicted octanol–water partition coefficient (Wildman–Crippen LogP) is 1.81. The molecule has 1 fully saturated rings. The molecule has 1 aliphatic heterocycles. The standard InChI is InChI=1S/C15H22N2O2/c1-3-19-14(18)15(16-2)9-11-17(12-10-15)13-7-5-4-6-8-13/h4-8,16H,3,9-12H2,1-2H3. The van der Waals surface area contributed by atoms with Crippen molar-refractivity contribution < 1.29 is 9.53 Å². The third-order valence-electron chi connectivity index (χ3n) is 3.88. The van der Waals surface area contributed by atoms with Gasteiger partial charge in [0.05, 0.1) is 6.61 Å². The zero-order valence-corrected chi connectivity index (χ0v) is 11.7. The number of carbonyl (C=O) groups is 1. The van der Waals surface area contributed by atoms with Gasteiger partial charge in [0, 0.05) is 18.8 Å². The maximum atomic E-state index is 12.1. The molecule has 4 heteroatoms. The van der Waals surface area contributed by atoms with E-state index in [0.29, 0.717) is 6.61 Å². The summed E-state index contributed by atoms with van der Waals surface area (Å²) in [5.41, 5.74) is 0.706. The van der Waals surface area contributed by atoms with Gasteiger partial charge in [-0.1, -0.05) is 18.2 Å². The van der Waals surface area contributed by atoms with Gasteiger partial charge >= 0.3 is 5.97 Å². The van der Waals surface area contributed by atoms with Gasteiger partial charge < -0.3 is 15.0 Å². The molecule has 0 atom stereocenters. The Hall–Kier alpha value is -1.55. The molecule has 4 nitrogen and oxygen atoms in total. The van der Waals surface area contributed by atoms with Crippen molar-refractivity contribution >= 4 is 11.7 Å². The van der Waals surface area contributed by atoms with E-state index in [1.54, 1.807) is 0 Å². The number of hydrogen-bond donors (Lipinski definition) is 1. The minimum absolute atomic E-state index is 0.120. The molecule has 0 saturated carbocycles. The summed E-state index contributed by atoms with van der Waals surface area (Å²) >= 11 is 0. The molecule has 0 spiro atoms. The van der Waals surface area contributed by atoms with E-state index < -0.39 is 5.54 Å². The molecule has 1 aromatic rings. The minimum atomic E-state index is -0.513. The van der Waals surface area contributed by atoms with Gasteiger partial charge in [0.1, 0.15) is 5.54 Å². The van der Waals surface area contributed by atoms with E-state index in [1.807, 2.05) is 32.2 Å². The fourth-order valence-corrected chi connectivity index (χ4v) is 2.61. The molecule has 1 N–H and O–H groups in total. The number of carbonyl (C=O) groups excluding carboxylic acids is 1. The van der Waals surface area contributed by atoms with Crippen LogP contribution < -0.4 is 10.2 Å². The largest absolute Gasteiger partial charge is 0.465 e. The summed E-state index contributed by atoms with van der Waals surface area (Å²) in [6.07, 6.45) is 1.55. The van der Waals surface area contributed by atoms with Crippen LogP contribution in [0.25, 0.3) is 0 Å². The van der Waals surface area contributed by atoms with Crippen LogP contribution in [0, 0.1) is 0 Å². The first-order valence-corrected chi connectivity index (χ1v) is 6.88. The highest BCUT2D eigenvalue weighted by Crippen LogP contribution is 2.27. The minimum Gasteiger partial charge on any atom is -0.465 e. The molecule has 1 aromatic carbocycles. The zero-order valence-electron chi connectivity index (χ0n) is 11.7. The Morgan fingerprint density at radius 2 is 1.95 bits per heavy atom. The third-order valence-corrected chi connectivity index (χ3v) is 3.88. The molecule has 104 valence electrons. The van der Waals surface area contributed by atoms with Gasteiger partial charge in [0.2, 0.25) is 0 Å². The molecule has 0 aliphatic carbocycles. The highest BCUT2D eigenvalue weighted by atomic mass is 16.5. The lowest BCUT2D eigenvalue weighted by molar-refractivity contribution is -0.152. The average Bonchev–Trinajstić information content (AvgIpc) is 2.48. The van der Waals surface area contributed by atoms with E-state index in [0.717, 1.165) is 25.9 Å². The second kappa shape index (κ2) is 6.06. The molecule has 1 aliphatic rings. The first-order chi connectivity index (χ1) is 9.22. The lowest BCUT2D eigenvalue weighted by Gasteiger charge is -2.40. The lowest BCUT2D eigenvalue weighted by Crippen LogP contribution is -2.58. The van der Waals surface area contributed by atoms with Crippen LogP contribution in [0.2, 0.25) is 0 Å². The van der Waals surface area contributed by atoms with Gasteiger partial charge in [0.25, 0.3) is 0 Å². The molecular formula is C15H22N2O2. The molecule has 0 bridgehead atoms. The zero-order chi connectivity index (χ0) is 13.7. The number of nitrogens with one attached hydrogen (secondary N) is 1. The maximum absolute atomic E-state index is 12.1. The number of ether oxygens (including phenoxy) is 1. The van der Waals surface area contributed by atoms with Crippen molar-refractivity contribution in [1.29, 1.82) is 0 Å². The maximum Gasteiger partial charge on any atom is 0.326 e. The van der Waals surface area contributed by atoms with Crippen LogP contribution in [-0.2, 0) is 9.53 Å². The van der Waals surface area contributed by atoms with Gasteiger partial charge in [-0.25, -0.2) is 0 Å². The number of nitrogens with zero attached hydrogens (tertiary/aromatic N) is 1. The van der Waals surface area contributed by atoms with Crippen molar-refractivity contribution in [2.24, 2.45) is 0 Å². The van der Waals surface area contributed by atoms with Crippen LogP contribution >= 0.6 is 0 Å². The number of hydrogen-bond acceptors (Lipinski definition) is 4. The summed E-state index contributed by atoms with van der Waals surface area (Å²) in [5, 5.41) is 3.17. The van der Waals surface area contributed by atoms with Crippen LogP contribution in [0.15, 0.2) is 30.3 Å². The normalized spacial score (nSPS) is 18.1. The van der Waals surface area contributed by atoms with E-state index in [4.69, 9.17) is 4.74 Å². The molecular weight excluding hydrogens is 240 g/mol. The van der Waals surface area contributed by atoms with E-state index in [2.05, 4.69) is 22.3 Å². The van der Waals surface area contributed by atoms with E-state index in [9.17, 15) is 4.79 Å². The van der Waals surface area contributed by atoms with E-state index in [1.165, 1.54) is 5.69 Å². The third kappa shape index (κ3) is 2.89. The quantitative estimate of drug-likeness (QED) is 0.840. The van der Waals surface area contributed by atoms with E-state index in [-0.39, 0.29) is 5.97 Å². The fraction of sp³-hybridized carbons (Fsp3) is 0.533. The summed E-state index contributed by atoms with van der Waals surface area (Å²) in [6.45, 7) is 4.01. The first-order valence-electron chi connectivity index (χ1n) is 6.88. The predicted molar refractivity (Wildman–Crippen MR) is 76.3 cm³/mol. The van der Waals surface area contributed by atoms with Crippen molar-refractivity contribution in [2.75, 3.05) is 31.6 Å². The van der Waals surface area contributed by atoms with Crippen LogP contribution in [0.5, 0.6) is 0 Å². The second-order valence-electron chi connectivity index (χ2n) is 4.88. The summed E-state index contributed by atoms with van der Waals surface area (Å²) in [4.78, 5) is 14.4. The molecule has 0 aromatic heterocycles. The molecule has 0 amide bonds. The monoisotopic (exact) mass is 262 g/mol. The Bertz CT molecular complexity index is 411. The SMILES string of the molecule is CCOC(=O)C1(NC)CCN(c2ccccc2)CC1. The van der Waals surface area contributed by atoms with Crippen LogP contribution in [0.4, 0.5) is 5.69 Å². The van der Waals surface area contributed by atoms with Gasteiger partial charge in [-0.15, -0.1) is 0 Å². The Labute approximate surface area is 114 Å². The molecule has 1 saturated heterocycles. The lowest BCUT2D eigenvalue weighted by atomic mass is 9.87. The van der Waals surface area contributed by atoms with E-state index >= 15 is 0 Å². The van der Waals surface area contributed by atoms with Crippen molar-refractivity contribution in [2.45, 2.75) is 25.3 Å². The number of benzene rings is 1. The average molecular weight is 262 g/mol. The number of esters is 1. The van der Waals surface area contributed by atoms with Gasteiger partial charge in [-0.2, -0.15) is 0 Å². The Morgan fingerprint density at radius 1 is 1.32 bits per heavy atom. The van der Waals surface area contributed by atoms with Gasteiger partial charge in [-0.3, -0.25) is 4.79 Å². The Balaban J connectivity index is 2.02. The number of anilines is 1. The Kier molecular flexibility index (Phi) is 4.43. The summed E-state index contributed by atoms with van der Waals surface area (Å²) < 4.78 is 5.20. The number of likely N-dealkylation sites (N-methyl/N-ethyl adjacent to an activating group) is 1. The second-order valence-corrected chi connectivity index (χ2v) is 4.88. The van der Waals surface area contributed by atoms with Crippen molar-refractivity contribution in [3.8, 4) is 0 Å². The molecule has 0 radical (unpaired) electrons. The first kappa shape index (κ1) is 13.9.